The largest absolute Gasteiger partial charge is 0.461 e. The molecule has 1 fully saturated rings. The summed E-state index contributed by atoms with van der Waals surface area (Å²) in [7, 11) is 0. The van der Waals surface area contributed by atoms with E-state index in [1.54, 1.807) is 11.8 Å². The molecule has 2 aliphatic rings. The SMILES string of the molecule is CCOC(=O)c1cc(N2CCN(C(=O)OCc3ccccc3)CC2)c2c(n1)CN(c1cccc3ccccc13)CC2. The highest BCUT2D eigenvalue weighted by Gasteiger charge is 2.29. The monoisotopic (exact) mass is 550 g/mol. The summed E-state index contributed by atoms with van der Waals surface area (Å²) in [6.45, 7) is 6.18. The average Bonchev–Trinajstić information content (AvgIpc) is 3.03. The Morgan fingerprint density at radius 1 is 0.805 bits per heavy atom. The number of ether oxygens (including phenoxy) is 2. The predicted molar refractivity (Wildman–Crippen MR) is 159 cm³/mol. The van der Waals surface area contributed by atoms with E-state index in [1.807, 2.05) is 36.4 Å². The lowest BCUT2D eigenvalue weighted by Crippen LogP contribution is -2.49. The van der Waals surface area contributed by atoms with Crippen molar-refractivity contribution in [2.75, 3.05) is 49.1 Å². The van der Waals surface area contributed by atoms with Gasteiger partial charge in [-0.05, 0) is 36.4 Å². The second-order valence-electron chi connectivity index (χ2n) is 10.4. The second-order valence-corrected chi connectivity index (χ2v) is 10.4. The van der Waals surface area contributed by atoms with Crippen molar-refractivity contribution in [1.82, 2.24) is 9.88 Å². The molecule has 8 heteroatoms. The number of hydrogen-bond donors (Lipinski definition) is 0. The number of rotatable bonds is 6. The Balaban J connectivity index is 1.21. The molecule has 0 saturated carbocycles. The molecule has 0 bridgehead atoms. The van der Waals surface area contributed by atoms with E-state index in [2.05, 4.69) is 52.3 Å². The van der Waals surface area contributed by atoms with Crippen LogP contribution in [0.1, 0.15) is 34.2 Å². The predicted octanol–water partition coefficient (Wildman–Crippen LogP) is 5.43. The first-order valence-corrected chi connectivity index (χ1v) is 14.2. The van der Waals surface area contributed by atoms with Crippen molar-refractivity contribution in [3.8, 4) is 0 Å². The first-order chi connectivity index (χ1) is 20.1. The van der Waals surface area contributed by atoms with Crippen LogP contribution in [0.25, 0.3) is 10.8 Å². The number of piperazine rings is 1. The van der Waals surface area contributed by atoms with Crippen LogP contribution < -0.4 is 9.80 Å². The lowest BCUT2D eigenvalue weighted by molar-refractivity contribution is 0.0519. The van der Waals surface area contributed by atoms with Crippen molar-refractivity contribution in [3.63, 3.8) is 0 Å². The maximum Gasteiger partial charge on any atom is 0.410 e. The number of nitrogens with zero attached hydrogens (tertiary/aromatic N) is 4. The van der Waals surface area contributed by atoms with E-state index >= 15 is 0 Å². The number of esters is 1. The number of carbonyl (C=O) groups excluding carboxylic acids is 2. The molecule has 3 aromatic carbocycles. The van der Waals surface area contributed by atoms with Gasteiger partial charge in [-0.15, -0.1) is 0 Å². The van der Waals surface area contributed by atoms with Gasteiger partial charge < -0.3 is 24.2 Å². The third-order valence-electron chi connectivity index (χ3n) is 7.83. The maximum absolute atomic E-state index is 12.8. The number of anilines is 2. The smallest absolute Gasteiger partial charge is 0.410 e. The Labute approximate surface area is 240 Å². The summed E-state index contributed by atoms with van der Waals surface area (Å²) >= 11 is 0. The molecule has 0 radical (unpaired) electrons. The van der Waals surface area contributed by atoms with Gasteiger partial charge in [0.2, 0.25) is 0 Å². The zero-order valence-corrected chi connectivity index (χ0v) is 23.3. The van der Waals surface area contributed by atoms with E-state index in [1.165, 1.54) is 16.5 Å². The molecule has 8 nitrogen and oxygen atoms in total. The van der Waals surface area contributed by atoms with Gasteiger partial charge >= 0.3 is 12.1 Å². The van der Waals surface area contributed by atoms with Crippen LogP contribution in [0.5, 0.6) is 0 Å². The summed E-state index contributed by atoms with van der Waals surface area (Å²) in [6.07, 6.45) is 0.506. The zero-order valence-electron chi connectivity index (χ0n) is 23.3. The Morgan fingerprint density at radius 3 is 2.37 bits per heavy atom. The fraction of sp³-hybridized carbons (Fsp3) is 0.303. The molecule has 3 heterocycles. The first kappa shape index (κ1) is 26.6. The normalized spacial score (nSPS) is 15.0. The Bertz CT molecular complexity index is 1540. The molecule has 0 aliphatic carbocycles. The van der Waals surface area contributed by atoms with Crippen LogP contribution in [0.2, 0.25) is 0 Å². The van der Waals surface area contributed by atoms with Gasteiger partial charge in [-0.3, -0.25) is 0 Å². The Hall–Kier alpha value is -4.59. The van der Waals surface area contributed by atoms with Gasteiger partial charge in [0.1, 0.15) is 6.61 Å². The molecule has 0 atom stereocenters. The van der Waals surface area contributed by atoms with Crippen molar-refractivity contribution in [2.45, 2.75) is 26.5 Å². The number of amides is 1. The third kappa shape index (κ3) is 5.68. The van der Waals surface area contributed by atoms with Crippen LogP contribution in [-0.2, 0) is 29.0 Å². The summed E-state index contributed by atoms with van der Waals surface area (Å²) in [6, 6.07) is 26.3. The van der Waals surface area contributed by atoms with Gasteiger partial charge in [0.15, 0.2) is 5.69 Å². The summed E-state index contributed by atoms with van der Waals surface area (Å²) in [5, 5.41) is 2.40. The molecule has 1 saturated heterocycles. The highest BCUT2D eigenvalue weighted by atomic mass is 16.6. The molecule has 0 unspecified atom stereocenters. The molecular formula is C33H34N4O4. The van der Waals surface area contributed by atoms with E-state index in [0.717, 1.165) is 35.5 Å². The van der Waals surface area contributed by atoms with E-state index < -0.39 is 5.97 Å². The first-order valence-electron chi connectivity index (χ1n) is 14.2. The minimum Gasteiger partial charge on any atom is -0.461 e. The highest BCUT2D eigenvalue weighted by molar-refractivity contribution is 5.94. The summed E-state index contributed by atoms with van der Waals surface area (Å²) in [5.41, 5.74) is 5.52. The molecule has 2 aliphatic heterocycles. The van der Waals surface area contributed by atoms with Crippen LogP contribution in [0.4, 0.5) is 16.2 Å². The lowest BCUT2D eigenvalue weighted by Gasteiger charge is -2.38. The number of hydrogen-bond acceptors (Lipinski definition) is 7. The van der Waals surface area contributed by atoms with Crippen LogP contribution in [0.15, 0.2) is 78.9 Å². The minimum absolute atomic E-state index is 0.258. The summed E-state index contributed by atoms with van der Waals surface area (Å²) in [5.74, 6) is -0.415. The van der Waals surface area contributed by atoms with Gasteiger partial charge in [0, 0.05) is 55.0 Å². The van der Waals surface area contributed by atoms with Crippen molar-refractivity contribution >= 4 is 34.2 Å². The molecule has 6 rings (SSSR count). The Kier molecular flexibility index (Phi) is 7.71. The molecular weight excluding hydrogens is 516 g/mol. The zero-order chi connectivity index (χ0) is 28.2. The molecule has 1 aromatic heterocycles. The number of carbonyl (C=O) groups is 2. The van der Waals surface area contributed by atoms with Gasteiger partial charge in [-0.25, -0.2) is 14.6 Å². The topological polar surface area (TPSA) is 75.2 Å². The van der Waals surface area contributed by atoms with Crippen LogP contribution in [-0.4, -0.2) is 61.3 Å². The standard InChI is InChI=1S/C33H34N4O4/c1-2-40-32(38)28-21-31(35-17-19-36(20-18-35)33(39)41-23-24-9-4-3-5-10-24)27-15-16-37(22-29(27)34-28)30-14-8-12-25-11-6-7-13-26(25)30/h3-14,21H,2,15-20,22-23H2,1H3. The van der Waals surface area contributed by atoms with E-state index in [0.29, 0.717) is 45.0 Å². The fourth-order valence-corrected chi connectivity index (χ4v) is 5.74. The maximum atomic E-state index is 12.8. The third-order valence-corrected chi connectivity index (χ3v) is 7.83. The lowest BCUT2D eigenvalue weighted by atomic mass is 9.99. The van der Waals surface area contributed by atoms with Crippen LogP contribution >= 0.6 is 0 Å². The minimum atomic E-state index is -0.415. The van der Waals surface area contributed by atoms with Crippen LogP contribution in [0, 0.1) is 0 Å². The molecule has 41 heavy (non-hydrogen) atoms. The van der Waals surface area contributed by atoms with Gasteiger partial charge in [0.25, 0.3) is 0 Å². The van der Waals surface area contributed by atoms with E-state index in [9.17, 15) is 9.59 Å². The second kappa shape index (κ2) is 11.9. The molecule has 0 spiro atoms. The number of aromatic nitrogens is 1. The van der Waals surface area contributed by atoms with Crippen molar-refractivity contribution in [3.05, 3.63) is 101 Å². The van der Waals surface area contributed by atoms with Crippen LogP contribution in [0.3, 0.4) is 0 Å². The van der Waals surface area contributed by atoms with Crippen molar-refractivity contribution < 1.29 is 19.1 Å². The molecule has 0 N–H and O–H groups in total. The highest BCUT2D eigenvalue weighted by Crippen LogP contribution is 2.34. The van der Waals surface area contributed by atoms with Gasteiger partial charge in [-0.1, -0.05) is 66.7 Å². The van der Waals surface area contributed by atoms with Gasteiger partial charge in [0.05, 0.1) is 18.8 Å². The number of benzene rings is 3. The molecule has 210 valence electrons. The van der Waals surface area contributed by atoms with Crippen molar-refractivity contribution in [2.24, 2.45) is 0 Å². The number of fused-ring (bicyclic) bond motifs is 2. The van der Waals surface area contributed by atoms with Crippen molar-refractivity contribution in [1.29, 1.82) is 0 Å². The quantitative estimate of drug-likeness (QED) is 0.296. The molecule has 1 amide bonds. The molecule has 4 aromatic rings. The summed E-state index contributed by atoms with van der Waals surface area (Å²) in [4.78, 5) is 36.7. The van der Waals surface area contributed by atoms with E-state index in [4.69, 9.17) is 14.5 Å². The Morgan fingerprint density at radius 2 is 1.56 bits per heavy atom. The average molecular weight is 551 g/mol. The fourth-order valence-electron chi connectivity index (χ4n) is 5.74. The summed E-state index contributed by atoms with van der Waals surface area (Å²) < 4.78 is 10.9. The van der Waals surface area contributed by atoms with Gasteiger partial charge in [-0.2, -0.15) is 0 Å². The van der Waals surface area contributed by atoms with E-state index in [-0.39, 0.29) is 12.7 Å². The number of pyridine rings is 1.